The van der Waals surface area contributed by atoms with Gasteiger partial charge in [-0.15, -0.1) is 0 Å². The van der Waals surface area contributed by atoms with Crippen LogP contribution in [0.2, 0.25) is 0 Å². The lowest BCUT2D eigenvalue weighted by atomic mass is 9.97. The zero-order chi connectivity index (χ0) is 15.9. The Morgan fingerprint density at radius 2 is 1.65 bits per heavy atom. The van der Waals surface area contributed by atoms with Gasteiger partial charge in [0.25, 0.3) is 0 Å². The quantitative estimate of drug-likeness (QED) is 0.445. The SMILES string of the molecule is COc1c(C)cc(Br)c(C)c1C(Br)C(F)(F)C(F)(F)F. The van der Waals surface area contributed by atoms with Crippen LogP contribution in [0.15, 0.2) is 10.5 Å². The lowest BCUT2D eigenvalue weighted by Crippen LogP contribution is -2.40. The predicted octanol–water partition coefficient (Wildman–Crippen LogP) is 5.71. The number of benzene rings is 1. The van der Waals surface area contributed by atoms with E-state index in [-0.39, 0.29) is 16.9 Å². The molecule has 0 spiro atoms. The van der Waals surface area contributed by atoms with Crippen molar-refractivity contribution in [2.24, 2.45) is 0 Å². The summed E-state index contributed by atoms with van der Waals surface area (Å²) in [7, 11) is 1.23. The molecule has 0 bridgehead atoms. The van der Waals surface area contributed by atoms with Crippen LogP contribution in [-0.4, -0.2) is 19.2 Å². The average Bonchev–Trinajstić information content (AvgIpc) is 2.31. The van der Waals surface area contributed by atoms with E-state index in [9.17, 15) is 22.0 Å². The van der Waals surface area contributed by atoms with Crippen molar-refractivity contribution >= 4 is 31.9 Å². The summed E-state index contributed by atoms with van der Waals surface area (Å²) in [5.74, 6) is -4.91. The lowest BCUT2D eigenvalue weighted by Gasteiger charge is -2.28. The molecular weight excluding hydrogens is 415 g/mol. The third-order valence-corrected chi connectivity index (χ3v) is 4.72. The van der Waals surface area contributed by atoms with Crippen LogP contribution in [0.25, 0.3) is 0 Å². The van der Waals surface area contributed by atoms with Gasteiger partial charge in [-0.25, -0.2) is 0 Å². The van der Waals surface area contributed by atoms with E-state index in [0.29, 0.717) is 10.0 Å². The first kappa shape index (κ1) is 17.7. The van der Waals surface area contributed by atoms with Crippen molar-refractivity contribution in [3.8, 4) is 5.75 Å². The highest BCUT2D eigenvalue weighted by Gasteiger charge is 2.62. The summed E-state index contributed by atoms with van der Waals surface area (Å²) in [5, 5.41) is 0. The largest absolute Gasteiger partial charge is 0.496 e. The molecule has 1 rings (SSSR count). The van der Waals surface area contributed by atoms with Gasteiger partial charge >= 0.3 is 12.1 Å². The smallest absolute Gasteiger partial charge is 0.454 e. The Kier molecular flexibility index (Phi) is 5.12. The Hall–Kier alpha value is -0.370. The molecule has 1 nitrogen and oxygen atoms in total. The average molecular weight is 426 g/mol. The van der Waals surface area contributed by atoms with Crippen LogP contribution in [0, 0.1) is 13.8 Å². The molecule has 114 valence electrons. The van der Waals surface area contributed by atoms with Crippen molar-refractivity contribution in [2.45, 2.75) is 30.8 Å². The van der Waals surface area contributed by atoms with E-state index < -0.39 is 16.9 Å². The van der Waals surface area contributed by atoms with Gasteiger partial charge in [0.05, 0.1) is 7.11 Å². The van der Waals surface area contributed by atoms with E-state index in [4.69, 9.17) is 4.74 Å². The Balaban J connectivity index is 3.54. The number of aryl methyl sites for hydroxylation is 1. The molecule has 1 aromatic carbocycles. The molecule has 8 heteroatoms. The van der Waals surface area contributed by atoms with Gasteiger partial charge in [-0.05, 0) is 31.0 Å². The van der Waals surface area contributed by atoms with Gasteiger partial charge in [0.1, 0.15) is 10.6 Å². The maximum atomic E-state index is 13.5. The van der Waals surface area contributed by atoms with Crippen LogP contribution in [0.1, 0.15) is 21.5 Å². The first-order valence-electron chi connectivity index (χ1n) is 5.37. The Morgan fingerprint density at radius 1 is 1.15 bits per heavy atom. The topological polar surface area (TPSA) is 9.23 Å². The van der Waals surface area contributed by atoms with Crippen molar-refractivity contribution in [3.05, 3.63) is 27.2 Å². The fourth-order valence-electron chi connectivity index (χ4n) is 1.78. The zero-order valence-electron chi connectivity index (χ0n) is 10.7. The maximum absolute atomic E-state index is 13.5. The molecule has 0 aliphatic heterocycles. The van der Waals surface area contributed by atoms with E-state index in [1.165, 1.54) is 14.0 Å². The number of hydrogen-bond donors (Lipinski definition) is 0. The second-order valence-corrected chi connectivity index (χ2v) is 6.00. The van der Waals surface area contributed by atoms with Crippen molar-refractivity contribution in [1.82, 2.24) is 0 Å². The van der Waals surface area contributed by atoms with Crippen LogP contribution < -0.4 is 4.74 Å². The molecule has 0 aliphatic rings. The molecule has 1 atom stereocenters. The molecule has 0 N–H and O–H groups in total. The minimum atomic E-state index is -5.66. The highest BCUT2D eigenvalue weighted by atomic mass is 79.9. The van der Waals surface area contributed by atoms with E-state index in [1.807, 2.05) is 0 Å². The van der Waals surface area contributed by atoms with Crippen LogP contribution in [0.5, 0.6) is 5.75 Å². The van der Waals surface area contributed by atoms with E-state index in [2.05, 4.69) is 31.9 Å². The number of hydrogen-bond acceptors (Lipinski definition) is 1. The first-order valence-corrected chi connectivity index (χ1v) is 7.08. The number of ether oxygens (including phenoxy) is 1. The summed E-state index contributed by atoms with van der Waals surface area (Å²) in [6.07, 6.45) is -5.66. The molecule has 0 saturated heterocycles. The molecule has 0 radical (unpaired) electrons. The van der Waals surface area contributed by atoms with Crippen molar-refractivity contribution < 1.29 is 26.7 Å². The summed E-state index contributed by atoms with van der Waals surface area (Å²) >= 11 is 5.63. The predicted molar refractivity (Wildman–Crippen MR) is 72.8 cm³/mol. The van der Waals surface area contributed by atoms with Crippen LogP contribution >= 0.6 is 31.9 Å². The summed E-state index contributed by atoms with van der Waals surface area (Å²) in [4.78, 5) is -2.24. The van der Waals surface area contributed by atoms with Crippen molar-refractivity contribution in [3.63, 3.8) is 0 Å². The fraction of sp³-hybridized carbons (Fsp3) is 0.500. The standard InChI is InChI=1S/C12H11Br2F5O/c1-5-4-7(13)6(2)8(9(5)20-3)10(14)11(15,16)12(17,18)19/h4,10H,1-3H3. The first-order chi connectivity index (χ1) is 8.95. The molecule has 20 heavy (non-hydrogen) atoms. The third-order valence-electron chi connectivity index (χ3n) is 2.86. The zero-order valence-corrected chi connectivity index (χ0v) is 13.9. The molecular formula is C12H11Br2F5O. The fourth-order valence-corrected chi connectivity index (χ4v) is 3.14. The molecule has 0 amide bonds. The molecule has 0 saturated carbocycles. The van der Waals surface area contributed by atoms with E-state index in [0.717, 1.165) is 0 Å². The van der Waals surface area contributed by atoms with Gasteiger partial charge < -0.3 is 4.74 Å². The molecule has 1 aromatic rings. The molecule has 0 fully saturated rings. The summed E-state index contributed by atoms with van der Waals surface area (Å²) in [6.45, 7) is 3.01. The summed E-state index contributed by atoms with van der Waals surface area (Å²) < 4.78 is 70.0. The van der Waals surface area contributed by atoms with E-state index in [1.54, 1.807) is 13.0 Å². The van der Waals surface area contributed by atoms with Crippen LogP contribution in [-0.2, 0) is 0 Å². The Labute approximate surface area is 129 Å². The number of alkyl halides is 6. The minimum Gasteiger partial charge on any atom is -0.496 e. The highest BCUT2D eigenvalue weighted by Crippen LogP contribution is 2.52. The van der Waals surface area contributed by atoms with Gasteiger partial charge in [-0.1, -0.05) is 31.9 Å². The maximum Gasteiger partial charge on any atom is 0.454 e. The Bertz CT molecular complexity index is 514. The monoisotopic (exact) mass is 424 g/mol. The number of methoxy groups -OCH3 is 1. The Morgan fingerprint density at radius 3 is 2.05 bits per heavy atom. The molecule has 0 heterocycles. The second kappa shape index (κ2) is 5.79. The normalized spacial score (nSPS) is 14.3. The van der Waals surface area contributed by atoms with Gasteiger partial charge in [-0.2, -0.15) is 22.0 Å². The number of halogens is 7. The van der Waals surface area contributed by atoms with Gasteiger partial charge in [0.2, 0.25) is 0 Å². The van der Waals surface area contributed by atoms with Gasteiger partial charge in [0.15, 0.2) is 0 Å². The van der Waals surface area contributed by atoms with E-state index >= 15 is 0 Å². The number of rotatable bonds is 3. The van der Waals surface area contributed by atoms with Crippen molar-refractivity contribution in [1.29, 1.82) is 0 Å². The van der Waals surface area contributed by atoms with Gasteiger partial charge in [0, 0.05) is 10.0 Å². The molecule has 0 aromatic heterocycles. The second-order valence-electron chi connectivity index (χ2n) is 4.23. The minimum absolute atomic E-state index is 0.0106. The highest BCUT2D eigenvalue weighted by molar-refractivity contribution is 9.10. The lowest BCUT2D eigenvalue weighted by molar-refractivity contribution is -0.281. The summed E-state index contributed by atoms with van der Waals surface area (Å²) in [5.41, 5.74) is 0.502. The van der Waals surface area contributed by atoms with Crippen LogP contribution in [0.4, 0.5) is 22.0 Å². The molecule has 1 unspecified atom stereocenters. The van der Waals surface area contributed by atoms with Crippen molar-refractivity contribution in [2.75, 3.05) is 7.11 Å². The van der Waals surface area contributed by atoms with Crippen LogP contribution in [0.3, 0.4) is 0 Å². The summed E-state index contributed by atoms with van der Waals surface area (Å²) in [6, 6.07) is 1.60. The third kappa shape index (κ3) is 2.95. The molecule has 0 aliphatic carbocycles. The van der Waals surface area contributed by atoms with Gasteiger partial charge in [-0.3, -0.25) is 0 Å².